The Kier molecular flexibility index (Phi) is 8.13. The lowest BCUT2D eigenvalue weighted by atomic mass is 10.0. The molecule has 1 aromatic carbocycles. The number of rotatable bonds is 3. The Balaban J connectivity index is 0.00000180. The van der Waals surface area contributed by atoms with Crippen LogP contribution in [0, 0.1) is 6.92 Å². The Labute approximate surface area is 132 Å². The van der Waals surface area contributed by atoms with E-state index in [1.807, 2.05) is 13.0 Å². The number of likely N-dealkylation sites (N-methyl/N-ethyl adjacent to an activating group) is 1. The lowest BCUT2D eigenvalue weighted by molar-refractivity contribution is 0.0696. The molecule has 4 nitrogen and oxygen atoms in total. The van der Waals surface area contributed by atoms with Gasteiger partial charge in [0.25, 0.3) is 0 Å². The highest BCUT2D eigenvalue weighted by Crippen LogP contribution is 2.14. The minimum Gasteiger partial charge on any atom is -0.478 e. The minimum absolute atomic E-state index is 0. The van der Waals surface area contributed by atoms with Crippen LogP contribution in [0.3, 0.4) is 0 Å². The second-order valence-corrected chi connectivity index (χ2v) is 5.03. The predicted octanol–water partition coefficient (Wildman–Crippen LogP) is 2.28. The molecular formula is C14H22Cl2N2O2. The van der Waals surface area contributed by atoms with Crippen molar-refractivity contribution in [1.29, 1.82) is 0 Å². The molecule has 0 radical (unpaired) electrons. The molecule has 1 aromatic rings. The molecule has 1 aliphatic heterocycles. The van der Waals surface area contributed by atoms with Crippen LogP contribution in [0.1, 0.15) is 21.5 Å². The normalized spacial score (nSPS) is 16.1. The SMILES string of the molecule is Cc1cc(C(=O)O)ccc1CN1CCN(C)CC1.Cl.Cl. The van der Waals surface area contributed by atoms with Gasteiger partial charge in [-0.05, 0) is 37.2 Å². The van der Waals surface area contributed by atoms with Gasteiger partial charge in [0.15, 0.2) is 0 Å². The summed E-state index contributed by atoms with van der Waals surface area (Å²) in [5, 5.41) is 8.93. The van der Waals surface area contributed by atoms with Gasteiger partial charge in [-0.3, -0.25) is 4.90 Å². The lowest BCUT2D eigenvalue weighted by Gasteiger charge is -2.32. The number of aryl methyl sites for hydroxylation is 1. The van der Waals surface area contributed by atoms with Crippen LogP contribution in [0.2, 0.25) is 0 Å². The molecule has 114 valence electrons. The number of benzene rings is 1. The number of carboxylic acids is 1. The molecule has 0 amide bonds. The highest BCUT2D eigenvalue weighted by molar-refractivity contribution is 5.87. The van der Waals surface area contributed by atoms with Gasteiger partial charge in [-0.25, -0.2) is 4.79 Å². The first-order chi connectivity index (χ1) is 8.56. The van der Waals surface area contributed by atoms with E-state index >= 15 is 0 Å². The molecule has 20 heavy (non-hydrogen) atoms. The molecule has 1 heterocycles. The average Bonchev–Trinajstić information content (AvgIpc) is 2.34. The largest absolute Gasteiger partial charge is 0.478 e. The topological polar surface area (TPSA) is 43.8 Å². The van der Waals surface area contributed by atoms with E-state index in [1.165, 1.54) is 5.56 Å². The first-order valence-electron chi connectivity index (χ1n) is 6.30. The number of carboxylic acid groups (broad SMARTS) is 1. The van der Waals surface area contributed by atoms with Crippen molar-refractivity contribution >= 4 is 30.8 Å². The van der Waals surface area contributed by atoms with Crippen molar-refractivity contribution in [2.24, 2.45) is 0 Å². The minimum atomic E-state index is -0.857. The van der Waals surface area contributed by atoms with Crippen molar-refractivity contribution in [2.45, 2.75) is 13.5 Å². The third-order valence-corrected chi connectivity index (χ3v) is 3.58. The molecule has 0 unspecified atom stereocenters. The Hall–Kier alpha value is -0.810. The zero-order chi connectivity index (χ0) is 13.1. The van der Waals surface area contributed by atoms with Crippen molar-refractivity contribution in [1.82, 2.24) is 9.80 Å². The monoisotopic (exact) mass is 320 g/mol. The molecule has 1 N–H and O–H groups in total. The first-order valence-corrected chi connectivity index (χ1v) is 6.30. The van der Waals surface area contributed by atoms with Crippen LogP contribution < -0.4 is 0 Å². The maximum atomic E-state index is 10.9. The van der Waals surface area contributed by atoms with E-state index in [4.69, 9.17) is 5.11 Å². The second-order valence-electron chi connectivity index (χ2n) is 5.03. The average molecular weight is 321 g/mol. The van der Waals surface area contributed by atoms with E-state index in [-0.39, 0.29) is 24.8 Å². The highest BCUT2D eigenvalue weighted by atomic mass is 35.5. The van der Waals surface area contributed by atoms with Gasteiger partial charge >= 0.3 is 5.97 Å². The van der Waals surface area contributed by atoms with Gasteiger partial charge < -0.3 is 10.0 Å². The fourth-order valence-electron chi connectivity index (χ4n) is 2.25. The molecule has 6 heteroatoms. The summed E-state index contributed by atoms with van der Waals surface area (Å²) in [6.45, 7) is 7.27. The van der Waals surface area contributed by atoms with Gasteiger partial charge in [0.2, 0.25) is 0 Å². The summed E-state index contributed by atoms with van der Waals surface area (Å²) in [7, 11) is 2.14. The molecule has 1 fully saturated rings. The fraction of sp³-hybridized carbons (Fsp3) is 0.500. The number of hydrogen-bond donors (Lipinski definition) is 1. The van der Waals surface area contributed by atoms with Crippen LogP contribution in [0.25, 0.3) is 0 Å². The Bertz CT molecular complexity index is 447. The van der Waals surface area contributed by atoms with Gasteiger partial charge in [0.1, 0.15) is 0 Å². The van der Waals surface area contributed by atoms with Crippen LogP contribution in [0.4, 0.5) is 0 Å². The number of piperazine rings is 1. The predicted molar refractivity (Wildman–Crippen MR) is 85.4 cm³/mol. The molecule has 1 aliphatic rings. The number of carbonyl (C=O) groups is 1. The summed E-state index contributed by atoms with van der Waals surface area (Å²) >= 11 is 0. The molecule has 1 saturated heterocycles. The van der Waals surface area contributed by atoms with E-state index in [0.717, 1.165) is 38.3 Å². The fourth-order valence-corrected chi connectivity index (χ4v) is 2.25. The lowest BCUT2D eigenvalue weighted by Crippen LogP contribution is -2.43. The van der Waals surface area contributed by atoms with Gasteiger partial charge in [-0.2, -0.15) is 0 Å². The van der Waals surface area contributed by atoms with Crippen molar-refractivity contribution in [3.05, 3.63) is 34.9 Å². The number of aromatic carboxylic acids is 1. The molecule has 2 rings (SSSR count). The molecular weight excluding hydrogens is 299 g/mol. The smallest absolute Gasteiger partial charge is 0.335 e. The van der Waals surface area contributed by atoms with Gasteiger partial charge in [-0.15, -0.1) is 24.8 Å². The van der Waals surface area contributed by atoms with Crippen LogP contribution in [-0.2, 0) is 6.54 Å². The van der Waals surface area contributed by atoms with E-state index in [0.29, 0.717) is 5.56 Å². The van der Waals surface area contributed by atoms with Crippen molar-refractivity contribution in [2.75, 3.05) is 33.2 Å². The summed E-state index contributed by atoms with van der Waals surface area (Å²) in [5.74, 6) is -0.857. The van der Waals surface area contributed by atoms with Gasteiger partial charge in [-0.1, -0.05) is 6.07 Å². The van der Waals surface area contributed by atoms with E-state index in [1.54, 1.807) is 12.1 Å². The second kappa shape index (κ2) is 8.47. The summed E-state index contributed by atoms with van der Waals surface area (Å²) in [5.41, 5.74) is 2.66. The Morgan fingerprint density at radius 2 is 1.80 bits per heavy atom. The summed E-state index contributed by atoms with van der Waals surface area (Å²) in [4.78, 5) is 15.6. The Morgan fingerprint density at radius 1 is 1.20 bits per heavy atom. The standard InChI is InChI=1S/C14H20N2O2.2ClH/c1-11-9-12(14(17)18)3-4-13(11)10-16-7-5-15(2)6-8-16;;/h3-4,9H,5-8,10H2,1-2H3,(H,17,18);2*1H. The van der Waals surface area contributed by atoms with Crippen LogP contribution >= 0.6 is 24.8 Å². The molecule has 0 bridgehead atoms. The van der Waals surface area contributed by atoms with E-state index < -0.39 is 5.97 Å². The third kappa shape index (κ3) is 4.94. The van der Waals surface area contributed by atoms with Crippen molar-refractivity contribution in [3.8, 4) is 0 Å². The van der Waals surface area contributed by atoms with E-state index in [2.05, 4.69) is 16.8 Å². The number of hydrogen-bond acceptors (Lipinski definition) is 3. The third-order valence-electron chi connectivity index (χ3n) is 3.58. The molecule has 0 atom stereocenters. The van der Waals surface area contributed by atoms with Crippen LogP contribution in [0.5, 0.6) is 0 Å². The summed E-state index contributed by atoms with van der Waals surface area (Å²) < 4.78 is 0. The molecule has 0 aliphatic carbocycles. The van der Waals surface area contributed by atoms with Gasteiger partial charge in [0.05, 0.1) is 5.56 Å². The van der Waals surface area contributed by atoms with Crippen LogP contribution in [-0.4, -0.2) is 54.1 Å². The van der Waals surface area contributed by atoms with Crippen molar-refractivity contribution in [3.63, 3.8) is 0 Å². The Morgan fingerprint density at radius 3 is 2.30 bits per heavy atom. The zero-order valence-electron chi connectivity index (χ0n) is 11.8. The molecule has 0 saturated carbocycles. The number of halogens is 2. The van der Waals surface area contributed by atoms with Crippen molar-refractivity contribution < 1.29 is 9.90 Å². The van der Waals surface area contributed by atoms with Gasteiger partial charge in [0, 0.05) is 32.7 Å². The van der Waals surface area contributed by atoms with E-state index in [9.17, 15) is 4.79 Å². The zero-order valence-corrected chi connectivity index (χ0v) is 13.5. The molecule has 0 spiro atoms. The summed E-state index contributed by atoms with van der Waals surface area (Å²) in [6.07, 6.45) is 0. The number of nitrogens with zero attached hydrogens (tertiary/aromatic N) is 2. The quantitative estimate of drug-likeness (QED) is 0.928. The van der Waals surface area contributed by atoms with Crippen LogP contribution in [0.15, 0.2) is 18.2 Å². The maximum absolute atomic E-state index is 10.9. The summed E-state index contributed by atoms with van der Waals surface area (Å²) in [6, 6.07) is 5.39. The maximum Gasteiger partial charge on any atom is 0.335 e. The molecule has 0 aromatic heterocycles. The first kappa shape index (κ1) is 19.2. The highest BCUT2D eigenvalue weighted by Gasteiger charge is 2.15.